The van der Waals surface area contributed by atoms with Crippen LogP contribution in [-0.4, -0.2) is 44.7 Å². The molecule has 4 aromatic rings. The molecule has 0 atom stereocenters. The van der Waals surface area contributed by atoms with E-state index in [1.807, 2.05) is 77.3 Å². The van der Waals surface area contributed by atoms with Gasteiger partial charge in [0.2, 0.25) is 5.91 Å². The van der Waals surface area contributed by atoms with Gasteiger partial charge in [-0.15, -0.1) is 0 Å². The van der Waals surface area contributed by atoms with E-state index in [1.165, 1.54) is 0 Å². The lowest BCUT2D eigenvalue weighted by molar-refractivity contribution is -0.121. The monoisotopic (exact) mass is 483 g/mol. The van der Waals surface area contributed by atoms with Gasteiger partial charge in [0.15, 0.2) is 5.82 Å². The van der Waals surface area contributed by atoms with Gasteiger partial charge in [0.05, 0.1) is 12.1 Å². The summed E-state index contributed by atoms with van der Waals surface area (Å²) in [5.74, 6) is 0.734. The molecule has 36 heavy (non-hydrogen) atoms. The van der Waals surface area contributed by atoms with Crippen molar-refractivity contribution in [3.63, 3.8) is 0 Å². The molecule has 0 spiro atoms. The summed E-state index contributed by atoms with van der Waals surface area (Å²) < 4.78 is 6.85. The minimum Gasteiger partial charge on any atom is -0.360 e. The molecule has 1 aliphatic rings. The van der Waals surface area contributed by atoms with Crippen molar-refractivity contribution in [2.45, 2.75) is 33.2 Å². The van der Waals surface area contributed by atoms with Crippen LogP contribution in [0.1, 0.15) is 40.1 Å². The Labute approximate surface area is 209 Å². The van der Waals surface area contributed by atoms with Gasteiger partial charge in [0.25, 0.3) is 5.91 Å². The third-order valence-corrected chi connectivity index (χ3v) is 6.54. The van der Waals surface area contributed by atoms with Crippen LogP contribution in [0.25, 0.3) is 11.3 Å². The van der Waals surface area contributed by atoms with Crippen molar-refractivity contribution in [2.24, 2.45) is 5.92 Å². The molecule has 1 fully saturated rings. The number of aromatic nitrogens is 3. The molecule has 0 bridgehead atoms. The molecule has 1 N–H and O–H groups in total. The number of nitrogens with one attached hydrogen (secondary N) is 1. The maximum absolute atomic E-state index is 13.6. The van der Waals surface area contributed by atoms with Crippen LogP contribution in [0.15, 0.2) is 71.4 Å². The van der Waals surface area contributed by atoms with Crippen LogP contribution < -0.4 is 5.32 Å². The molecule has 8 nitrogen and oxygen atoms in total. The quantitative estimate of drug-likeness (QED) is 0.429. The zero-order valence-electron chi connectivity index (χ0n) is 20.5. The number of carbonyl (C=O) groups is 2. The van der Waals surface area contributed by atoms with E-state index >= 15 is 0 Å². The molecular formula is C28H29N5O3. The van der Waals surface area contributed by atoms with E-state index < -0.39 is 0 Å². The van der Waals surface area contributed by atoms with E-state index in [1.54, 1.807) is 13.0 Å². The van der Waals surface area contributed by atoms with Crippen LogP contribution in [0, 0.1) is 19.8 Å². The number of nitrogens with zero attached hydrogens (tertiary/aromatic N) is 4. The van der Waals surface area contributed by atoms with Crippen LogP contribution in [0.2, 0.25) is 0 Å². The molecule has 0 aliphatic carbocycles. The highest BCUT2D eigenvalue weighted by Crippen LogP contribution is 2.27. The summed E-state index contributed by atoms with van der Waals surface area (Å²) in [5, 5.41) is 11.4. The number of hydrogen-bond donors (Lipinski definition) is 1. The van der Waals surface area contributed by atoms with E-state index in [-0.39, 0.29) is 17.7 Å². The molecule has 2 aromatic heterocycles. The van der Waals surface area contributed by atoms with Gasteiger partial charge in [-0.05, 0) is 32.3 Å². The van der Waals surface area contributed by atoms with Crippen molar-refractivity contribution >= 4 is 17.6 Å². The van der Waals surface area contributed by atoms with E-state index in [0.717, 1.165) is 16.7 Å². The third-order valence-electron chi connectivity index (χ3n) is 6.54. The minimum atomic E-state index is -0.177. The fourth-order valence-corrected chi connectivity index (χ4v) is 4.52. The van der Waals surface area contributed by atoms with Gasteiger partial charge < -0.3 is 14.7 Å². The SMILES string of the molecule is Cc1ccc(-c2nn(Cc3ccccc3)cc2C(=O)N2CCC(C(=O)Nc3cc(C)on3)CC2)cc1. The number of aryl methyl sites for hydroxylation is 2. The third kappa shape index (κ3) is 5.22. The van der Waals surface area contributed by atoms with E-state index in [9.17, 15) is 9.59 Å². The number of amides is 2. The van der Waals surface area contributed by atoms with Gasteiger partial charge >= 0.3 is 0 Å². The van der Waals surface area contributed by atoms with Crippen LogP contribution in [0.5, 0.6) is 0 Å². The number of benzene rings is 2. The smallest absolute Gasteiger partial charge is 0.257 e. The maximum Gasteiger partial charge on any atom is 0.257 e. The molecule has 3 heterocycles. The Kier molecular flexibility index (Phi) is 6.66. The molecule has 0 saturated carbocycles. The average Bonchev–Trinajstić information content (AvgIpc) is 3.50. The molecule has 1 saturated heterocycles. The first-order chi connectivity index (χ1) is 17.5. The Bertz CT molecular complexity index is 1350. The largest absolute Gasteiger partial charge is 0.360 e. The number of likely N-dealkylation sites (tertiary alicyclic amines) is 1. The predicted octanol–water partition coefficient (Wildman–Crippen LogP) is 4.69. The molecule has 8 heteroatoms. The second-order valence-electron chi connectivity index (χ2n) is 9.32. The van der Waals surface area contributed by atoms with Crippen molar-refractivity contribution in [3.8, 4) is 11.3 Å². The summed E-state index contributed by atoms with van der Waals surface area (Å²) in [5.41, 5.74) is 4.43. The second-order valence-corrected chi connectivity index (χ2v) is 9.32. The topological polar surface area (TPSA) is 93.3 Å². The number of carbonyl (C=O) groups excluding carboxylic acids is 2. The summed E-state index contributed by atoms with van der Waals surface area (Å²) >= 11 is 0. The van der Waals surface area contributed by atoms with Crippen LogP contribution in [0.3, 0.4) is 0 Å². The van der Waals surface area contributed by atoms with E-state index in [0.29, 0.717) is 55.3 Å². The molecule has 2 aromatic carbocycles. The molecule has 184 valence electrons. The molecule has 1 aliphatic heterocycles. The summed E-state index contributed by atoms with van der Waals surface area (Å²) in [7, 11) is 0. The molecule has 0 radical (unpaired) electrons. The second kappa shape index (κ2) is 10.2. The lowest BCUT2D eigenvalue weighted by Crippen LogP contribution is -2.41. The standard InChI is InChI=1S/C28H29N5O3/c1-19-8-10-22(11-9-19)26-24(18-33(30-26)17-21-6-4-3-5-7-21)28(35)32-14-12-23(13-15-32)27(34)29-25-16-20(2)36-31-25/h3-11,16,18,23H,12-15,17H2,1-2H3,(H,29,31,34). The normalized spacial score (nSPS) is 14.1. The number of rotatable bonds is 6. The summed E-state index contributed by atoms with van der Waals surface area (Å²) in [6.45, 7) is 5.40. The first-order valence-electron chi connectivity index (χ1n) is 12.2. The van der Waals surface area contributed by atoms with Crippen LogP contribution >= 0.6 is 0 Å². The molecular weight excluding hydrogens is 454 g/mol. The molecule has 2 amide bonds. The highest BCUT2D eigenvalue weighted by atomic mass is 16.5. The fraction of sp³-hybridized carbons (Fsp3) is 0.286. The first kappa shape index (κ1) is 23.5. The Morgan fingerprint density at radius 2 is 1.75 bits per heavy atom. The maximum atomic E-state index is 13.6. The Hall–Kier alpha value is -4.20. The summed E-state index contributed by atoms with van der Waals surface area (Å²) in [6, 6.07) is 19.8. The van der Waals surface area contributed by atoms with Gasteiger partial charge in [0, 0.05) is 36.8 Å². The number of hydrogen-bond acceptors (Lipinski definition) is 5. The highest BCUT2D eigenvalue weighted by Gasteiger charge is 2.30. The van der Waals surface area contributed by atoms with Gasteiger partial charge in [-0.3, -0.25) is 14.3 Å². The number of anilines is 1. The minimum absolute atomic E-state index is 0.0594. The first-order valence-corrected chi connectivity index (χ1v) is 12.2. The summed E-state index contributed by atoms with van der Waals surface area (Å²) in [4.78, 5) is 28.1. The Balaban J connectivity index is 1.32. The lowest BCUT2D eigenvalue weighted by Gasteiger charge is -2.31. The van der Waals surface area contributed by atoms with E-state index in [2.05, 4.69) is 10.5 Å². The molecule has 5 rings (SSSR count). The predicted molar refractivity (Wildman–Crippen MR) is 136 cm³/mol. The van der Waals surface area contributed by atoms with Gasteiger partial charge in [-0.2, -0.15) is 5.10 Å². The fourth-order valence-electron chi connectivity index (χ4n) is 4.52. The van der Waals surface area contributed by atoms with Gasteiger partial charge in [-0.1, -0.05) is 65.3 Å². The van der Waals surface area contributed by atoms with Gasteiger partial charge in [0.1, 0.15) is 11.5 Å². The zero-order valence-corrected chi connectivity index (χ0v) is 20.5. The zero-order chi connectivity index (χ0) is 25.1. The van der Waals surface area contributed by atoms with Crippen molar-refractivity contribution in [1.29, 1.82) is 0 Å². The Morgan fingerprint density at radius 1 is 1.03 bits per heavy atom. The highest BCUT2D eigenvalue weighted by molar-refractivity contribution is 6.00. The van der Waals surface area contributed by atoms with Crippen LogP contribution in [0.4, 0.5) is 5.82 Å². The van der Waals surface area contributed by atoms with Crippen LogP contribution in [-0.2, 0) is 11.3 Å². The average molecular weight is 484 g/mol. The van der Waals surface area contributed by atoms with Gasteiger partial charge in [-0.25, -0.2) is 0 Å². The Morgan fingerprint density at radius 3 is 2.42 bits per heavy atom. The number of piperidine rings is 1. The summed E-state index contributed by atoms with van der Waals surface area (Å²) in [6.07, 6.45) is 3.02. The van der Waals surface area contributed by atoms with E-state index in [4.69, 9.17) is 9.62 Å². The lowest BCUT2D eigenvalue weighted by atomic mass is 9.95. The van der Waals surface area contributed by atoms with Crippen molar-refractivity contribution in [1.82, 2.24) is 19.8 Å². The van der Waals surface area contributed by atoms with Crippen molar-refractivity contribution in [3.05, 3.63) is 89.3 Å². The van der Waals surface area contributed by atoms with Crippen molar-refractivity contribution < 1.29 is 14.1 Å². The molecule has 0 unspecified atom stereocenters. The van der Waals surface area contributed by atoms with Crippen molar-refractivity contribution in [2.75, 3.05) is 18.4 Å².